The number of ether oxygens (including phenoxy) is 1. The van der Waals surface area contributed by atoms with Gasteiger partial charge in [-0.15, -0.1) is 0 Å². The van der Waals surface area contributed by atoms with Crippen LogP contribution in [0.5, 0.6) is 0 Å². The van der Waals surface area contributed by atoms with Crippen LogP contribution >= 0.6 is 0 Å². The Labute approximate surface area is 116 Å². The van der Waals surface area contributed by atoms with E-state index in [0.29, 0.717) is 6.10 Å². The summed E-state index contributed by atoms with van der Waals surface area (Å²) < 4.78 is 7.65. The number of nitrogens with zero attached hydrogens (tertiary/aromatic N) is 2. The number of rotatable bonds is 4. The fraction of sp³-hybridized carbons (Fsp3) is 0.800. The summed E-state index contributed by atoms with van der Waals surface area (Å²) >= 11 is 0. The lowest BCUT2D eigenvalue weighted by molar-refractivity contribution is 0.0167. The van der Waals surface area contributed by atoms with Crippen LogP contribution in [-0.4, -0.2) is 29.0 Å². The molecule has 0 saturated carbocycles. The molecule has 1 atom stereocenters. The second kappa shape index (κ2) is 6.06. The Balaban J connectivity index is 1.88. The molecule has 2 heterocycles. The zero-order chi connectivity index (χ0) is 13.9. The van der Waals surface area contributed by atoms with E-state index in [1.807, 2.05) is 11.7 Å². The number of aryl methyl sites for hydroxylation is 1. The summed E-state index contributed by atoms with van der Waals surface area (Å²) in [7, 11) is 1.99. The van der Waals surface area contributed by atoms with E-state index in [1.54, 1.807) is 0 Å². The van der Waals surface area contributed by atoms with Gasteiger partial charge in [-0.05, 0) is 19.3 Å². The molecular formula is C15H27N3O. The largest absolute Gasteiger partial charge is 0.377 e. The molecule has 0 bridgehead atoms. The molecule has 1 unspecified atom stereocenters. The van der Waals surface area contributed by atoms with E-state index in [4.69, 9.17) is 4.74 Å². The summed E-state index contributed by atoms with van der Waals surface area (Å²) in [5.74, 6) is 0. The van der Waals surface area contributed by atoms with Gasteiger partial charge in [0.25, 0.3) is 0 Å². The molecule has 0 aliphatic carbocycles. The average molecular weight is 265 g/mol. The molecule has 1 aromatic rings. The van der Waals surface area contributed by atoms with Crippen LogP contribution in [0.25, 0.3) is 0 Å². The van der Waals surface area contributed by atoms with Crippen LogP contribution in [0.1, 0.15) is 51.3 Å². The fourth-order valence-electron chi connectivity index (χ4n) is 2.63. The van der Waals surface area contributed by atoms with E-state index in [0.717, 1.165) is 19.7 Å². The standard InChI is InChI=1S/C15H27N3O/c1-15(2,3)14-12(11-18(4)17-14)9-16-10-13-7-5-6-8-19-13/h11,13,16H,5-10H2,1-4H3. The van der Waals surface area contributed by atoms with Crippen LogP contribution < -0.4 is 5.32 Å². The molecule has 1 aromatic heterocycles. The highest BCUT2D eigenvalue weighted by atomic mass is 16.5. The van der Waals surface area contributed by atoms with Crippen LogP contribution in [0.15, 0.2) is 6.20 Å². The van der Waals surface area contributed by atoms with E-state index >= 15 is 0 Å². The van der Waals surface area contributed by atoms with E-state index in [2.05, 4.69) is 37.4 Å². The highest BCUT2D eigenvalue weighted by molar-refractivity contribution is 5.23. The summed E-state index contributed by atoms with van der Waals surface area (Å²) in [5.41, 5.74) is 2.58. The van der Waals surface area contributed by atoms with Crippen molar-refractivity contribution < 1.29 is 4.74 Å². The summed E-state index contributed by atoms with van der Waals surface area (Å²) in [6.45, 7) is 9.38. The van der Waals surface area contributed by atoms with Gasteiger partial charge in [-0.3, -0.25) is 4.68 Å². The average Bonchev–Trinajstić information content (AvgIpc) is 2.72. The second-order valence-corrected chi connectivity index (χ2v) is 6.55. The van der Waals surface area contributed by atoms with Gasteiger partial charge in [0.15, 0.2) is 0 Å². The highest BCUT2D eigenvalue weighted by Crippen LogP contribution is 2.24. The third-order valence-corrected chi connectivity index (χ3v) is 3.58. The van der Waals surface area contributed by atoms with Gasteiger partial charge in [0.1, 0.15) is 0 Å². The van der Waals surface area contributed by atoms with E-state index in [-0.39, 0.29) is 5.41 Å². The van der Waals surface area contributed by atoms with Crippen molar-refractivity contribution in [2.45, 2.75) is 58.1 Å². The summed E-state index contributed by atoms with van der Waals surface area (Å²) in [5, 5.41) is 8.11. The molecule has 2 rings (SSSR count). The van der Waals surface area contributed by atoms with Gasteiger partial charge in [0, 0.05) is 43.9 Å². The molecule has 19 heavy (non-hydrogen) atoms. The molecule has 4 heteroatoms. The predicted molar refractivity (Wildman–Crippen MR) is 77.2 cm³/mol. The Bertz CT molecular complexity index is 400. The minimum Gasteiger partial charge on any atom is -0.377 e. The topological polar surface area (TPSA) is 39.1 Å². The van der Waals surface area contributed by atoms with Gasteiger partial charge >= 0.3 is 0 Å². The van der Waals surface area contributed by atoms with Crippen LogP contribution in [0.4, 0.5) is 0 Å². The molecule has 0 radical (unpaired) electrons. The van der Waals surface area contributed by atoms with Gasteiger partial charge in [-0.1, -0.05) is 20.8 Å². The first-order chi connectivity index (χ1) is 8.97. The summed E-state index contributed by atoms with van der Waals surface area (Å²) in [6, 6.07) is 0. The van der Waals surface area contributed by atoms with Crippen LogP contribution in [0, 0.1) is 0 Å². The van der Waals surface area contributed by atoms with Gasteiger partial charge in [-0.2, -0.15) is 5.10 Å². The SMILES string of the molecule is Cn1cc(CNCC2CCCCO2)c(C(C)(C)C)n1. The lowest BCUT2D eigenvalue weighted by Gasteiger charge is -2.23. The summed E-state index contributed by atoms with van der Waals surface area (Å²) in [6.07, 6.45) is 6.21. The third-order valence-electron chi connectivity index (χ3n) is 3.58. The van der Waals surface area contributed by atoms with Crippen molar-refractivity contribution in [2.24, 2.45) is 7.05 Å². The van der Waals surface area contributed by atoms with Crippen molar-refractivity contribution >= 4 is 0 Å². The summed E-state index contributed by atoms with van der Waals surface area (Å²) in [4.78, 5) is 0. The van der Waals surface area contributed by atoms with Gasteiger partial charge < -0.3 is 10.1 Å². The number of hydrogen-bond acceptors (Lipinski definition) is 3. The van der Waals surface area contributed by atoms with Gasteiger partial charge in [0.2, 0.25) is 0 Å². The molecule has 4 nitrogen and oxygen atoms in total. The quantitative estimate of drug-likeness (QED) is 0.908. The Morgan fingerprint density at radius 1 is 1.42 bits per heavy atom. The molecule has 1 fully saturated rings. The van der Waals surface area contributed by atoms with Gasteiger partial charge in [0.05, 0.1) is 11.8 Å². The van der Waals surface area contributed by atoms with Crippen LogP contribution in [-0.2, 0) is 23.7 Å². The Hall–Kier alpha value is -0.870. The molecule has 1 N–H and O–H groups in total. The smallest absolute Gasteiger partial charge is 0.0722 e. The van der Waals surface area contributed by atoms with Gasteiger partial charge in [-0.25, -0.2) is 0 Å². The number of aromatic nitrogens is 2. The second-order valence-electron chi connectivity index (χ2n) is 6.55. The van der Waals surface area contributed by atoms with E-state index in [9.17, 15) is 0 Å². The molecule has 1 aliphatic rings. The Morgan fingerprint density at radius 3 is 2.84 bits per heavy atom. The van der Waals surface area contributed by atoms with Crippen molar-refractivity contribution in [1.82, 2.24) is 15.1 Å². The molecular weight excluding hydrogens is 238 g/mol. The lowest BCUT2D eigenvalue weighted by Crippen LogP contribution is -2.31. The number of nitrogens with one attached hydrogen (secondary N) is 1. The Kier molecular flexibility index (Phi) is 4.63. The normalized spacial score (nSPS) is 20.7. The van der Waals surface area contributed by atoms with Crippen molar-refractivity contribution in [2.75, 3.05) is 13.2 Å². The third kappa shape index (κ3) is 4.05. The predicted octanol–water partition coefficient (Wildman–Crippen LogP) is 2.38. The maximum Gasteiger partial charge on any atom is 0.0722 e. The number of hydrogen-bond donors (Lipinski definition) is 1. The highest BCUT2D eigenvalue weighted by Gasteiger charge is 2.22. The first kappa shape index (κ1) is 14.5. The minimum absolute atomic E-state index is 0.0968. The maximum absolute atomic E-state index is 5.74. The van der Waals surface area contributed by atoms with E-state index in [1.165, 1.54) is 30.5 Å². The molecule has 1 saturated heterocycles. The molecule has 108 valence electrons. The van der Waals surface area contributed by atoms with E-state index < -0.39 is 0 Å². The first-order valence-corrected chi connectivity index (χ1v) is 7.32. The molecule has 0 spiro atoms. The molecule has 0 aromatic carbocycles. The van der Waals surface area contributed by atoms with Crippen molar-refractivity contribution in [3.05, 3.63) is 17.5 Å². The zero-order valence-corrected chi connectivity index (χ0v) is 12.7. The van der Waals surface area contributed by atoms with Crippen LogP contribution in [0.2, 0.25) is 0 Å². The minimum atomic E-state index is 0.0968. The van der Waals surface area contributed by atoms with Crippen molar-refractivity contribution in [3.63, 3.8) is 0 Å². The fourth-order valence-corrected chi connectivity index (χ4v) is 2.63. The molecule has 0 amide bonds. The lowest BCUT2D eigenvalue weighted by atomic mass is 9.89. The Morgan fingerprint density at radius 2 is 2.21 bits per heavy atom. The van der Waals surface area contributed by atoms with Crippen LogP contribution in [0.3, 0.4) is 0 Å². The molecule has 1 aliphatic heterocycles. The monoisotopic (exact) mass is 265 g/mol. The van der Waals surface area contributed by atoms with Crippen molar-refractivity contribution in [3.8, 4) is 0 Å². The zero-order valence-electron chi connectivity index (χ0n) is 12.7. The van der Waals surface area contributed by atoms with Crippen molar-refractivity contribution in [1.29, 1.82) is 0 Å². The first-order valence-electron chi connectivity index (χ1n) is 7.32. The maximum atomic E-state index is 5.74.